The minimum atomic E-state index is 0.678. The fourth-order valence-corrected chi connectivity index (χ4v) is 1.99. The van der Waals surface area contributed by atoms with Crippen molar-refractivity contribution in [2.45, 2.75) is 0 Å². The van der Waals surface area contributed by atoms with Crippen molar-refractivity contribution >= 4 is 11.0 Å². The molecule has 0 radical (unpaired) electrons. The molecular weight excluding hydrogens is 210 g/mol. The molecule has 0 aliphatic rings. The summed E-state index contributed by atoms with van der Waals surface area (Å²) in [5.41, 5.74) is 3.48. The molecule has 1 aromatic carbocycles. The van der Waals surface area contributed by atoms with E-state index in [1.807, 2.05) is 42.6 Å². The first-order valence-electron chi connectivity index (χ1n) is 5.32. The highest BCUT2D eigenvalue weighted by molar-refractivity contribution is 5.94. The van der Waals surface area contributed by atoms with E-state index in [1.165, 1.54) is 0 Å². The van der Waals surface area contributed by atoms with E-state index in [2.05, 4.69) is 16.0 Å². The largest absolute Gasteiger partial charge is 0.346 e. The van der Waals surface area contributed by atoms with Crippen LogP contribution in [0.4, 0.5) is 0 Å². The van der Waals surface area contributed by atoms with Crippen molar-refractivity contribution in [2.24, 2.45) is 0 Å². The maximum Gasteiger partial charge on any atom is 0.137 e. The number of rotatable bonds is 1. The number of nitrogens with zero attached hydrogens (tertiary/aromatic N) is 2. The number of nitrogens with one attached hydrogen (secondary N) is 1. The molecule has 0 aliphatic carbocycles. The molecule has 0 fully saturated rings. The van der Waals surface area contributed by atoms with Gasteiger partial charge in [0.05, 0.1) is 11.6 Å². The van der Waals surface area contributed by atoms with Crippen LogP contribution in [0, 0.1) is 11.3 Å². The van der Waals surface area contributed by atoms with Gasteiger partial charge in [-0.25, -0.2) is 4.98 Å². The number of hydrogen-bond donors (Lipinski definition) is 1. The quantitative estimate of drug-likeness (QED) is 0.683. The van der Waals surface area contributed by atoms with Crippen molar-refractivity contribution < 1.29 is 0 Å². The van der Waals surface area contributed by atoms with Gasteiger partial charge >= 0.3 is 0 Å². The van der Waals surface area contributed by atoms with Crippen molar-refractivity contribution in [3.63, 3.8) is 0 Å². The van der Waals surface area contributed by atoms with Crippen molar-refractivity contribution in [1.29, 1.82) is 5.26 Å². The van der Waals surface area contributed by atoms with E-state index in [1.54, 1.807) is 6.20 Å². The Morgan fingerprint density at radius 2 is 1.94 bits per heavy atom. The van der Waals surface area contributed by atoms with Crippen LogP contribution in [0.2, 0.25) is 0 Å². The third-order valence-corrected chi connectivity index (χ3v) is 2.79. The lowest BCUT2D eigenvalue weighted by atomic mass is 10.0. The number of benzene rings is 1. The smallest absolute Gasteiger partial charge is 0.137 e. The molecule has 0 bridgehead atoms. The number of pyridine rings is 1. The van der Waals surface area contributed by atoms with Crippen LogP contribution in [0.25, 0.3) is 22.2 Å². The third kappa shape index (κ3) is 1.47. The van der Waals surface area contributed by atoms with E-state index < -0.39 is 0 Å². The number of fused-ring (bicyclic) bond motifs is 1. The first-order valence-corrected chi connectivity index (χ1v) is 5.32. The second-order valence-electron chi connectivity index (χ2n) is 3.76. The number of H-pyrrole nitrogens is 1. The molecule has 2 heterocycles. The van der Waals surface area contributed by atoms with Gasteiger partial charge in [-0.3, -0.25) is 0 Å². The van der Waals surface area contributed by atoms with Gasteiger partial charge in [0.15, 0.2) is 0 Å². The molecule has 3 nitrogen and oxygen atoms in total. The second kappa shape index (κ2) is 3.76. The molecule has 3 heteroatoms. The van der Waals surface area contributed by atoms with Gasteiger partial charge in [0.25, 0.3) is 0 Å². The van der Waals surface area contributed by atoms with Gasteiger partial charge in [-0.15, -0.1) is 0 Å². The summed E-state index contributed by atoms with van der Waals surface area (Å²) in [7, 11) is 0. The van der Waals surface area contributed by atoms with Gasteiger partial charge < -0.3 is 4.98 Å². The monoisotopic (exact) mass is 219 g/mol. The molecule has 3 aromatic rings. The molecule has 0 amide bonds. The number of nitriles is 1. The van der Waals surface area contributed by atoms with Crippen LogP contribution < -0.4 is 0 Å². The summed E-state index contributed by atoms with van der Waals surface area (Å²) in [4.78, 5) is 7.36. The highest BCUT2D eigenvalue weighted by Crippen LogP contribution is 2.29. The molecule has 3 rings (SSSR count). The molecule has 80 valence electrons. The standard InChI is InChI=1S/C14H9N3/c15-8-10-4-1-2-5-11(10)13-9-17-14-12(13)6-3-7-16-14/h1-7,9H,(H,16,17). The summed E-state index contributed by atoms with van der Waals surface area (Å²) in [6.45, 7) is 0. The van der Waals surface area contributed by atoms with Crippen molar-refractivity contribution in [1.82, 2.24) is 9.97 Å². The summed E-state index contributed by atoms with van der Waals surface area (Å²) in [6.07, 6.45) is 3.65. The Bertz CT molecular complexity index is 719. The molecule has 0 saturated carbocycles. The fraction of sp³-hybridized carbons (Fsp3) is 0. The predicted octanol–water partition coefficient (Wildman–Crippen LogP) is 3.10. The van der Waals surface area contributed by atoms with Crippen LogP contribution >= 0.6 is 0 Å². The Hall–Kier alpha value is -2.60. The van der Waals surface area contributed by atoms with Crippen LogP contribution in [0.3, 0.4) is 0 Å². The number of aromatic amines is 1. The van der Waals surface area contributed by atoms with Gasteiger partial charge in [-0.2, -0.15) is 5.26 Å². The van der Waals surface area contributed by atoms with Crippen LogP contribution in [-0.4, -0.2) is 9.97 Å². The molecule has 0 atom stereocenters. The molecule has 0 unspecified atom stereocenters. The lowest BCUT2D eigenvalue weighted by Crippen LogP contribution is -1.82. The van der Waals surface area contributed by atoms with Crippen molar-refractivity contribution in [3.8, 4) is 17.2 Å². The zero-order chi connectivity index (χ0) is 11.7. The van der Waals surface area contributed by atoms with E-state index in [9.17, 15) is 0 Å². The maximum atomic E-state index is 9.11. The normalized spacial score (nSPS) is 10.3. The minimum absolute atomic E-state index is 0.678. The molecule has 1 N–H and O–H groups in total. The summed E-state index contributed by atoms with van der Waals surface area (Å²) in [6, 6.07) is 13.7. The first-order chi connectivity index (χ1) is 8.40. The number of hydrogen-bond acceptors (Lipinski definition) is 2. The van der Waals surface area contributed by atoms with Gasteiger partial charge in [-0.1, -0.05) is 18.2 Å². The summed E-state index contributed by atoms with van der Waals surface area (Å²) >= 11 is 0. The molecule has 2 aromatic heterocycles. The molecule has 17 heavy (non-hydrogen) atoms. The summed E-state index contributed by atoms with van der Waals surface area (Å²) < 4.78 is 0. The molecular formula is C14H9N3. The Kier molecular flexibility index (Phi) is 2.13. The SMILES string of the molecule is N#Cc1ccccc1-c1c[nH]c2ncccc12. The Morgan fingerprint density at radius 1 is 1.06 bits per heavy atom. The van der Waals surface area contributed by atoms with Crippen molar-refractivity contribution in [2.75, 3.05) is 0 Å². The minimum Gasteiger partial charge on any atom is -0.346 e. The molecule has 0 saturated heterocycles. The van der Waals surface area contributed by atoms with Crippen molar-refractivity contribution in [3.05, 3.63) is 54.4 Å². The van der Waals surface area contributed by atoms with Gasteiger partial charge in [0.2, 0.25) is 0 Å². The molecule has 0 aliphatic heterocycles. The second-order valence-corrected chi connectivity index (χ2v) is 3.76. The van der Waals surface area contributed by atoms with E-state index >= 15 is 0 Å². The maximum absolute atomic E-state index is 9.11. The van der Waals surface area contributed by atoms with Crippen LogP contribution in [-0.2, 0) is 0 Å². The Balaban J connectivity index is 2.32. The molecule has 0 spiro atoms. The van der Waals surface area contributed by atoms with E-state index in [4.69, 9.17) is 5.26 Å². The van der Waals surface area contributed by atoms with Crippen LogP contribution in [0.1, 0.15) is 5.56 Å². The lowest BCUT2D eigenvalue weighted by molar-refractivity contribution is 1.33. The average Bonchev–Trinajstić information content (AvgIpc) is 2.82. The first kappa shape index (κ1) is 9.61. The van der Waals surface area contributed by atoms with E-state index in [0.29, 0.717) is 5.56 Å². The highest BCUT2D eigenvalue weighted by atomic mass is 14.8. The fourth-order valence-electron chi connectivity index (χ4n) is 1.99. The van der Waals surface area contributed by atoms with Crippen LogP contribution in [0.15, 0.2) is 48.8 Å². The van der Waals surface area contributed by atoms with Gasteiger partial charge in [0, 0.05) is 28.9 Å². The topological polar surface area (TPSA) is 52.5 Å². The van der Waals surface area contributed by atoms with Gasteiger partial charge in [0.1, 0.15) is 5.65 Å². The van der Waals surface area contributed by atoms with Crippen LogP contribution in [0.5, 0.6) is 0 Å². The zero-order valence-corrected chi connectivity index (χ0v) is 9.01. The lowest BCUT2D eigenvalue weighted by Gasteiger charge is -2.01. The van der Waals surface area contributed by atoms with Gasteiger partial charge in [-0.05, 0) is 18.2 Å². The summed E-state index contributed by atoms with van der Waals surface area (Å²) in [5, 5.41) is 10.2. The Morgan fingerprint density at radius 3 is 2.82 bits per heavy atom. The highest BCUT2D eigenvalue weighted by Gasteiger charge is 2.09. The predicted molar refractivity (Wildman–Crippen MR) is 66.2 cm³/mol. The number of aromatic nitrogens is 2. The van der Waals surface area contributed by atoms with E-state index in [0.717, 1.165) is 22.2 Å². The third-order valence-electron chi connectivity index (χ3n) is 2.79. The Labute approximate surface area is 98.4 Å². The summed E-state index contributed by atoms with van der Waals surface area (Å²) in [5.74, 6) is 0. The zero-order valence-electron chi connectivity index (χ0n) is 9.01. The van der Waals surface area contributed by atoms with E-state index in [-0.39, 0.29) is 0 Å². The average molecular weight is 219 g/mol.